The second-order valence-electron chi connectivity index (χ2n) is 6.43. The molecular weight excluding hydrogens is 254 g/mol. The lowest BCUT2D eigenvalue weighted by atomic mass is 9.84. The van der Waals surface area contributed by atoms with Gasteiger partial charge in [-0.15, -0.1) is 0 Å². The van der Waals surface area contributed by atoms with Gasteiger partial charge in [0.1, 0.15) is 6.04 Å². The van der Waals surface area contributed by atoms with Crippen LogP contribution in [0.15, 0.2) is 18.2 Å². The van der Waals surface area contributed by atoms with E-state index in [-0.39, 0.29) is 11.3 Å². The van der Waals surface area contributed by atoms with E-state index in [4.69, 9.17) is 0 Å². The summed E-state index contributed by atoms with van der Waals surface area (Å²) < 4.78 is 0. The zero-order chi connectivity index (χ0) is 15.1. The van der Waals surface area contributed by atoms with E-state index in [1.165, 1.54) is 4.90 Å². The summed E-state index contributed by atoms with van der Waals surface area (Å²) in [6.45, 7) is 6.29. The molecule has 108 valence electrons. The molecule has 20 heavy (non-hydrogen) atoms. The van der Waals surface area contributed by atoms with Crippen LogP contribution in [-0.4, -0.2) is 35.0 Å². The third-order valence-electron chi connectivity index (χ3n) is 3.97. The molecule has 4 nitrogen and oxygen atoms in total. The Hall–Kier alpha value is -1.84. The highest BCUT2D eigenvalue weighted by Crippen LogP contribution is 2.28. The fraction of sp³-hybridized carbons (Fsp3) is 0.500. The predicted molar refractivity (Wildman–Crippen MR) is 77.0 cm³/mol. The topological polar surface area (TPSA) is 57.6 Å². The molecule has 0 fully saturated rings. The summed E-state index contributed by atoms with van der Waals surface area (Å²) in [7, 11) is 1.57. The first-order valence-corrected chi connectivity index (χ1v) is 6.85. The standard InChI is InChI=1S/C16H21NO3/c1-16(2,3)11-7-5-10-6-8-13(15(19)20)17(4)14(18)12(10)9-11/h5,7,9,13H,6,8H2,1-4H3,(H,19,20). The highest BCUT2D eigenvalue weighted by Gasteiger charge is 2.32. The first-order chi connectivity index (χ1) is 9.21. The lowest BCUT2D eigenvalue weighted by molar-refractivity contribution is -0.142. The summed E-state index contributed by atoms with van der Waals surface area (Å²) in [6.07, 6.45) is 1.08. The molecule has 2 rings (SSSR count). The number of nitrogens with zero attached hydrogens (tertiary/aromatic N) is 1. The Kier molecular flexibility index (Phi) is 3.59. The van der Waals surface area contributed by atoms with Gasteiger partial charge in [0.15, 0.2) is 0 Å². The summed E-state index contributed by atoms with van der Waals surface area (Å²) in [5.74, 6) is -1.14. The largest absolute Gasteiger partial charge is 0.480 e. The molecule has 1 unspecified atom stereocenters. The number of carbonyl (C=O) groups is 2. The number of fused-ring (bicyclic) bond motifs is 1. The molecule has 1 aliphatic rings. The van der Waals surface area contributed by atoms with Gasteiger partial charge in [-0.3, -0.25) is 4.79 Å². The summed E-state index contributed by atoms with van der Waals surface area (Å²) >= 11 is 0. The molecule has 0 spiro atoms. The molecule has 1 aromatic rings. The van der Waals surface area contributed by atoms with Gasteiger partial charge in [-0.1, -0.05) is 32.9 Å². The molecule has 1 atom stereocenters. The maximum Gasteiger partial charge on any atom is 0.326 e. The number of aryl methyl sites for hydroxylation is 1. The molecule has 1 aliphatic heterocycles. The Morgan fingerprint density at radius 2 is 2.00 bits per heavy atom. The van der Waals surface area contributed by atoms with E-state index in [1.807, 2.05) is 18.2 Å². The average molecular weight is 275 g/mol. The molecule has 1 amide bonds. The summed E-state index contributed by atoms with van der Waals surface area (Å²) in [4.78, 5) is 25.1. The van der Waals surface area contributed by atoms with Gasteiger partial charge in [-0.25, -0.2) is 4.79 Å². The zero-order valence-corrected chi connectivity index (χ0v) is 12.4. The summed E-state index contributed by atoms with van der Waals surface area (Å²) in [5.41, 5.74) is 2.64. The van der Waals surface area contributed by atoms with Crippen LogP contribution in [0.4, 0.5) is 0 Å². The fourth-order valence-corrected chi connectivity index (χ4v) is 2.57. The molecule has 1 N–H and O–H groups in total. The van der Waals surface area contributed by atoms with Gasteiger partial charge in [0, 0.05) is 12.6 Å². The van der Waals surface area contributed by atoms with Gasteiger partial charge in [-0.2, -0.15) is 0 Å². The van der Waals surface area contributed by atoms with Crippen LogP contribution in [0.3, 0.4) is 0 Å². The Bertz CT molecular complexity index is 557. The zero-order valence-electron chi connectivity index (χ0n) is 12.4. The lowest BCUT2D eigenvalue weighted by Crippen LogP contribution is -2.41. The second-order valence-corrected chi connectivity index (χ2v) is 6.43. The molecule has 0 aromatic heterocycles. The van der Waals surface area contributed by atoms with Crippen LogP contribution in [0.5, 0.6) is 0 Å². The van der Waals surface area contributed by atoms with Gasteiger partial charge < -0.3 is 10.0 Å². The molecular formula is C16H21NO3. The van der Waals surface area contributed by atoms with E-state index in [0.717, 1.165) is 11.1 Å². The number of likely N-dealkylation sites (N-methyl/N-ethyl adjacent to an activating group) is 1. The number of carbonyl (C=O) groups excluding carboxylic acids is 1. The van der Waals surface area contributed by atoms with Crippen LogP contribution in [0.2, 0.25) is 0 Å². The second kappa shape index (κ2) is 4.93. The maximum absolute atomic E-state index is 12.5. The monoisotopic (exact) mass is 275 g/mol. The number of hydrogen-bond donors (Lipinski definition) is 1. The number of rotatable bonds is 1. The predicted octanol–water partition coefficient (Wildman–Crippen LogP) is 2.46. The van der Waals surface area contributed by atoms with Gasteiger partial charge in [0.2, 0.25) is 0 Å². The minimum absolute atomic E-state index is 0.0353. The van der Waals surface area contributed by atoms with Crippen molar-refractivity contribution in [1.29, 1.82) is 0 Å². The van der Waals surface area contributed by atoms with Crippen molar-refractivity contribution in [2.45, 2.75) is 45.1 Å². The van der Waals surface area contributed by atoms with Gasteiger partial charge in [0.05, 0.1) is 0 Å². The van der Waals surface area contributed by atoms with E-state index in [2.05, 4.69) is 20.8 Å². The molecule has 0 saturated heterocycles. The van der Waals surface area contributed by atoms with Crippen molar-refractivity contribution in [1.82, 2.24) is 4.90 Å². The third-order valence-corrected chi connectivity index (χ3v) is 3.97. The number of amides is 1. The Balaban J connectivity index is 2.47. The average Bonchev–Trinajstić information content (AvgIpc) is 2.47. The summed E-state index contributed by atoms with van der Waals surface area (Å²) in [5, 5.41) is 9.22. The Morgan fingerprint density at radius 3 is 2.55 bits per heavy atom. The van der Waals surface area contributed by atoms with E-state index in [9.17, 15) is 14.7 Å². The van der Waals surface area contributed by atoms with E-state index in [1.54, 1.807) is 7.05 Å². The molecule has 0 aliphatic carbocycles. The van der Waals surface area contributed by atoms with Gasteiger partial charge in [-0.05, 0) is 35.4 Å². The molecule has 0 bridgehead atoms. The van der Waals surface area contributed by atoms with Crippen LogP contribution in [0.1, 0.15) is 48.7 Å². The smallest absolute Gasteiger partial charge is 0.326 e. The van der Waals surface area contributed by atoms with E-state index >= 15 is 0 Å². The lowest BCUT2D eigenvalue weighted by Gasteiger charge is -2.23. The fourth-order valence-electron chi connectivity index (χ4n) is 2.57. The Labute approximate surface area is 119 Å². The number of hydrogen-bond acceptors (Lipinski definition) is 2. The van der Waals surface area contributed by atoms with Gasteiger partial charge in [0.25, 0.3) is 5.91 Å². The molecule has 0 radical (unpaired) electrons. The minimum atomic E-state index is -0.940. The molecule has 1 heterocycles. The third kappa shape index (κ3) is 2.55. The number of benzene rings is 1. The quantitative estimate of drug-likeness (QED) is 0.856. The highest BCUT2D eigenvalue weighted by molar-refractivity contribution is 5.98. The van der Waals surface area contributed by atoms with Crippen molar-refractivity contribution in [3.8, 4) is 0 Å². The minimum Gasteiger partial charge on any atom is -0.480 e. The van der Waals surface area contributed by atoms with Crippen molar-refractivity contribution in [2.24, 2.45) is 0 Å². The molecule has 4 heteroatoms. The first kappa shape index (κ1) is 14.6. The van der Waals surface area contributed by atoms with Crippen LogP contribution in [0, 0.1) is 0 Å². The normalized spacial score (nSPS) is 19.5. The van der Waals surface area contributed by atoms with E-state index in [0.29, 0.717) is 18.4 Å². The summed E-state index contributed by atoms with van der Waals surface area (Å²) in [6, 6.07) is 5.17. The number of carboxylic acid groups (broad SMARTS) is 1. The highest BCUT2D eigenvalue weighted by atomic mass is 16.4. The van der Waals surface area contributed by atoms with Crippen molar-refractivity contribution < 1.29 is 14.7 Å². The maximum atomic E-state index is 12.5. The van der Waals surface area contributed by atoms with Crippen LogP contribution < -0.4 is 0 Å². The van der Waals surface area contributed by atoms with Crippen LogP contribution in [0.25, 0.3) is 0 Å². The van der Waals surface area contributed by atoms with Crippen molar-refractivity contribution in [3.63, 3.8) is 0 Å². The van der Waals surface area contributed by atoms with Crippen LogP contribution >= 0.6 is 0 Å². The van der Waals surface area contributed by atoms with E-state index < -0.39 is 12.0 Å². The SMILES string of the molecule is CN1C(=O)c2cc(C(C)(C)C)ccc2CCC1C(=O)O. The Morgan fingerprint density at radius 1 is 1.35 bits per heavy atom. The number of aliphatic carboxylic acids is 1. The van der Waals surface area contributed by atoms with Crippen molar-refractivity contribution in [2.75, 3.05) is 7.05 Å². The van der Waals surface area contributed by atoms with Crippen LogP contribution in [-0.2, 0) is 16.6 Å². The van der Waals surface area contributed by atoms with Gasteiger partial charge >= 0.3 is 5.97 Å². The first-order valence-electron chi connectivity index (χ1n) is 6.85. The molecule has 1 aromatic carbocycles. The molecule has 0 saturated carbocycles. The van der Waals surface area contributed by atoms with Crippen molar-refractivity contribution >= 4 is 11.9 Å². The number of carboxylic acids is 1. The van der Waals surface area contributed by atoms with Crippen molar-refractivity contribution in [3.05, 3.63) is 34.9 Å².